The quantitative estimate of drug-likeness (QED) is 0.380. The van der Waals surface area contributed by atoms with Crippen LogP contribution in [0.3, 0.4) is 0 Å². The third-order valence-corrected chi connectivity index (χ3v) is 3.29. The van der Waals surface area contributed by atoms with Gasteiger partial charge in [0.1, 0.15) is 18.7 Å². The number of pyridine rings is 1. The normalized spacial score (nSPS) is 10.8. The molecule has 2 heterocycles. The van der Waals surface area contributed by atoms with Crippen LogP contribution in [-0.2, 0) is 18.9 Å². The van der Waals surface area contributed by atoms with Gasteiger partial charge in [0.2, 0.25) is 0 Å². The van der Waals surface area contributed by atoms with Gasteiger partial charge in [-0.15, -0.1) is 5.10 Å². The van der Waals surface area contributed by atoms with Gasteiger partial charge < -0.3 is 28.8 Å². The second-order valence-corrected chi connectivity index (χ2v) is 5.31. The van der Waals surface area contributed by atoms with Crippen LogP contribution in [0.4, 0.5) is 0 Å². The Bertz CT molecular complexity index is 738. The van der Waals surface area contributed by atoms with Crippen molar-refractivity contribution >= 4 is 5.97 Å². The van der Waals surface area contributed by atoms with Gasteiger partial charge in [-0.25, -0.2) is 14.8 Å². The Morgan fingerprint density at radius 1 is 1.11 bits per heavy atom. The summed E-state index contributed by atoms with van der Waals surface area (Å²) in [5.74, 6) is -0.464. The summed E-state index contributed by atoms with van der Waals surface area (Å²) in [7, 11) is 1.61. The number of carbonyl (C=O) groups is 1. The molecule has 154 valence electrons. The van der Waals surface area contributed by atoms with E-state index < -0.39 is 5.97 Å². The van der Waals surface area contributed by atoms with Gasteiger partial charge in [-0.2, -0.15) is 4.68 Å². The highest BCUT2D eigenvalue weighted by Crippen LogP contribution is 2.23. The zero-order valence-electron chi connectivity index (χ0n) is 15.9. The third kappa shape index (κ3) is 6.76. The van der Waals surface area contributed by atoms with Gasteiger partial charge in [0.25, 0.3) is 5.82 Å². The molecule has 0 amide bonds. The lowest BCUT2D eigenvalue weighted by Gasteiger charge is -2.09. The predicted octanol–water partition coefficient (Wildman–Crippen LogP) is 0.603. The number of esters is 1. The second-order valence-electron chi connectivity index (χ2n) is 5.31. The molecule has 0 spiro atoms. The zero-order chi connectivity index (χ0) is 20.2. The van der Waals surface area contributed by atoms with Crippen LogP contribution in [0.25, 0.3) is 5.82 Å². The van der Waals surface area contributed by atoms with Crippen molar-refractivity contribution in [1.82, 2.24) is 19.7 Å². The molecule has 0 atom stereocenters. The van der Waals surface area contributed by atoms with Crippen LogP contribution in [-0.4, -0.2) is 84.2 Å². The number of methoxy groups -OCH3 is 1. The van der Waals surface area contributed by atoms with Crippen LogP contribution in [0.15, 0.2) is 18.6 Å². The largest absolute Gasteiger partial charge is 0.504 e. The smallest absolute Gasteiger partial charge is 0.378 e. The van der Waals surface area contributed by atoms with Gasteiger partial charge >= 0.3 is 5.97 Å². The van der Waals surface area contributed by atoms with Crippen molar-refractivity contribution in [3.8, 4) is 17.3 Å². The van der Waals surface area contributed by atoms with E-state index in [1.165, 1.54) is 23.3 Å². The summed E-state index contributed by atoms with van der Waals surface area (Å²) in [5, 5.41) is 14.1. The molecule has 2 rings (SSSR count). The minimum Gasteiger partial charge on any atom is -0.504 e. The first-order chi connectivity index (χ1) is 13.7. The number of hydrogen-bond donors (Lipinski definition) is 1. The fourth-order valence-electron chi connectivity index (χ4n) is 2.02. The van der Waals surface area contributed by atoms with Crippen molar-refractivity contribution in [2.24, 2.45) is 0 Å². The maximum absolute atomic E-state index is 11.6. The SMILES string of the molecule is CCOC(=O)c1ncn(-c2ncc(OCCOCCOCCOC)cc2O)n1. The Hall–Kier alpha value is -2.76. The van der Waals surface area contributed by atoms with Crippen molar-refractivity contribution in [2.45, 2.75) is 6.92 Å². The average Bonchev–Trinajstić information content (AvgIpc) is 3.17. The fraction of sp³-hybridized carbons (Fsp3) is 0.529. The van der Waals surface area contributed by atoms with Crippen molar-refractivity contribution in [3.05, 3.63) is 24.4 Å². The molecule has 2 aromatic rings. The lowest BCUT2D eigenvalue weighted by Crippen LogP contribution is -2.12. The van der Waals surface area contributed by atoms with Gasteiger partial charge in [-0.1, -0.05) is 0 Å². The Morgan fingerprint density at radius 3 is 2.50 bits per heavy atom. The van der Waals surface area contributed by atoms with Crippen molar-refractivity contribution in [2.75, 3.05) is 53.4 Å². The summed E-state index contributed by atoms with van der Waals surface area (Å²) in [6, 6.07) is 1.39. The first-order valence-corrected chi connectivity index (χ1v) is 8.71. The Morgan fingerprint density at radius 2 is 1.82 bits per heavy atom. The third-order valence-electron chi connectivity index (χ3n) is 3.29. The second kappa shape index (κ2) is 11.8. The van der Waals surface area contributed by atoms with Gasteiger partial charge in [-0.3, -0.25) is 0 Å². The average molecular weight is 396 g/mol. The number of rotatable bonds is 13. The van der Waals surface area contributed by atoms with E-state index in [1.807, 2.05) is 0 Å². The monoisotopic (exact) mass is 396 g/mol. The van der Waals surface area contributed by atoms with Crippen molar-refractivity contribution in [3.63, 3.8) is 0 Å². The summed E-state index contributed by atoms with van der Waals surface area (Å²) in [6.45, 7) is 4.55. The molecule has 0 aliphatic heterocycles. The molecule has 2 aromatic heterocycles. The standard InChI is InChI=1S/C17H24N4O7/c1-3-27-17(23)15-19-12-21(20-15)16-14(22)10-13(11-18-16)28-9-8-26-7-6-25-5-4-24-2/h10-12,22H,3-9H2,1-2H3. The minimum atomic E-state index is -0.648. The number of ether oxygens (including phenoxy) is 5. The summed E-state index contributed by atoms with van der Waals surface area (Å²) >= 11 is 0. The Labute approximate surface area is 162 Å². The van der Waals surface area contributed by atoms with Crippen LogP contribution >= 0.6 is 0 Å². The van der Waals surface area contributed by atoms with Crippen LogP contribution in [0.5, 0.6) is 11.5 Å². The van der Waals surface area contributed by atoms with E-state index >= 15 is 0 Å². The molecule has 0 unspecified atom stereocenters. The molecule has 0 saturated heterocycles. The Kier molecular flexibility index (Phi) is 9.11. The van der Waals surface area contributed by atoms with E-state index in [4.69, 9.17) is 23.7 Å². The molecule has 0 aromatic carbocycles. The number of aromatic nitrogens is 4. The van der Waals surface area contributed by atoms with E-state index in [0.29, 0.717) is 38.8 Å². The number of hydrogen-bond acceptors (Lipinski definition) is 10. The molecule has 0 bridgehead atoms. The van der Waals surface area contributed by atoms with E-state index in [2.05, 4.69) is 15.1 Å². The molecule has 28 heavy (non-hydrogen) atoms. The summed E-state index contributed by atoms with van der Waals surface area (Å²) in [5.41, 5.74) is 0. The van der Waals surface area contributed by atoms with E-state index in [0.717, 1.165) is 0 Å². The highest BCUT2D eigenvalue weighted by atomic mass is 16.6. The molecule has 1 N–H and O–H groups in total. The summed E-state index contributed by atoms with van der Waals surface area (Å²) in [4.78, 5) is 19.5. The van der Waals surface area contributed by atoms with E-state index in [-0.39, 0.29) is 30.6 Å². The van der Waals surface area contributed by atoms with Crippen LogP contribution in [0.2, 0.25) is 0 Å². The highest BCUT2D eigenvalue weighted by molar-refractivity contribution is 5.84. The molecule has 0 saturated carbocycles. The van der Waals surface area contributed by atoms with Gasteiger partial charge in [0.15, 0.2) is 11.6 Å². The number of nitrogens with zero attached hydrogens (tertiary/aromatic N) is 4. The first-order valence-electron chi connectivity index (χ1n) is 8.71. The van der Waals surface area contributed by atoms with Crippen LogP contribution in [0.1, 0.15) is 17.5 Å². The molecule has 11 nitrogen and oxygen atoms in total. The molecule has 0 aliphatic carbocycles. The maximum atomic E-state index is 11.6. The van der Waals surface area contributed by atoms with E-state index in [1.54, 1.807) is 14.0 Å². The lowest BCUT2D eigenvalue weighted by molar-refractivity contribution is 0.0179. The van der Waals surface area contributed by atoms with Gasteiger partial charge in [0.05, 0.1) is 45.8 Å². The topological polar surface area (TPSA) is 127 Å². The molecule has 0 aliphatic rings. The van der Waals surface area contributed by atoms with E-state index in [9.17, 15) is 9.90 Å². The Balaban J connectivity index is 1.77. The molecule has 0 radical (unpaired) electrons. The molecular formula is C17H24N4O7. The highest BCUT2D eigenvalue weighted by Gasteiger charge is 2.15. The van der Waals surface area contributed by atoms with Gasteiger partial charge in [0, 0.05) is 13.2 Å². The summed E-state index contributed by atoms with van der Waals surface area (Å²) in [6.07, 6.45) is 2.69. The first kappa shape index (κ1) is 21.5. The predicted molar refractivity (Wildman–Crippen MR) is 95.8 cm³/mol. The fourth-order valence-corrected chi connectivity index (χ4v) is 2.02. The molecular weight excluding hydrogens is 372 g/mol. The molecule has 11 heteroatoms. The van der Waals surface area contributed by atoms with Gasteiger partial charge in [-0.05, 0) is 6.92 Å². The zero-order valence-corrected chi connectivity index (χ0v) is 15.9. The van der Waals surface area contributed by atoms with Crippen molar-refractivity contribution < 1.29 is 33.6 Å². The van der Waals surface area contributed by atoms with Crippen molar-refractivity contribution in [1.29, 1.82) is 0 Å². The maximum Gasteiger partial charge on any atom is 0.378 e. The summed E-state index contributed by atoms with van der Waals surface area (Å²) < 4.78 is 27.0. The van der Waals surface area contributed by atoms with Crippen LogP contribution in [0, 0.1) is 0 Å². The number of aromatic hydroxyl groups is 1. The minimum absolute atomic E-state index is 0.111. The van der Waals surface area contributed by atoms with Crippen LogP contribution < -0.4 is 4.74 Å². The number of carbonyl (C=O) groups excluding carboxylic acids is 1. The molecule has 0 fully saturated rings. The lowest BCUT2D eigenvalue weighted by atomic mass is 10.4.